The highest BCUT2D eigenvalue weighted by Gasteiger charge is 2.21. The monoisotopic (exact) mass is 740 g/mol. The van der Waals surface area contributed by atoms with Crippen molar-refractivity contribution in [2.75, 3.05) is 45.9 Å². The smallest absolute Gasteiger partial charge is 0.305 e. The number of ether oxygens (including phenoxy) is 1. The maximum Gasteiger partial charge on any atom is 0.305 e. The van der Waals surface area contributed by atoms with E-state index in [4.69, 9.17) is 27.9 Å². The highest BCUT2D eigenvalue weighted by molar-refractivity contribution is 8.93. The number of aromatic nitrogens is 1. The number of rotatable bonds is 13. The van der Waals surface area contributed by atoms with Gasteiger partial charge in [-0.1, -0.05) is 46.7 Å². The number of aromatic amines is 1. The van der Waals surface area contributed by atoms with Crippen molar-refractivity contribution in [2.45, 2.75) is 38.1 Å². The molecule has 1 amide bonds. The van der Waals surface area contributed by atoms with Crippen molar-refractivity contribution in [3.8, 4) is 5.75 Å². The molecule has 3 aromatic rings. The molecule has 1 aliphatic heterocycles. The summed E-state index contributed by atoms with van der Waals surface area (Å²) in [7, 11) is 0. The first-order valence-corrected chi connectivity index (χ1v) is 14.5. The second-order valence-electron chi connectivity index (χ2n) is 9.44. The summed E-state index contributed by atoms with van der Waals surface area (Å²) < 4.78 is 6.35. The molecule has 2 aromatic carbocycles. The van der Waals surface area contributed by atoms with E-state index in [0.29, 0.717) is 47.5 Å². The van der Waals surface area contributed by atoms with Crippen LogP contribution in [-0.2, 0) is 22.4 Å². The summed E-state index contributed by atoms with van der Waals surface area (Å²) in [5.74, 6) is 0.137. The molecule has 4 N–H and O–H groups in total. The van der Waals surface area contributed by atoms with Gasteiger partial charge in [0, 0.05) is 51.9 Å². The van der Waals surface area contributed by atoms with Crippen LogP contribution in [0.15, 0.2) is 35.1 Å². The third-order valence-electron chi connectivity index (χ3n) is 6.84. The van der Waals surface area contributed by atoms with Gasteiger partial charge < -0.3 is 25.5 Å². The van der Waals surface area contributed by atoms with E-state index >= 15 is 0 Å². The number of thiazole rings is 1. The van der Waals surface area contributed by atoms with Crippen molar-refractivity contribution < 1.29 is 14.6 Å². The highest BCUT2D eigenvalue weighted by Crippen LogP contribution is 2.28. The van der Waals surface area contributed by atoms with E-state index in [0.717, 1.165) is 79.3 Å². The normalized spacial score (nSPS) is 13.7. The highest BCUT2D eigenvalue weighted by atomic mass is 79.9. The number of nitrogens with one attached hydrogen (secondary N) is 3. The first-order valence-electron chi connectivity index (χ1n) is 13.0. The Bertz CT molecular complexity index is 1290. The standard InChI is InChI=1S/C27H34Cl2N4O4S.2BrH/c28-21-3-1-18(17-22(21)29)5-11-31-24(35)7-13-33(20-8-15-37-16-9-20)14-12-30-10-6-19-2-4-23(34)25-26(19)38-27(36)32-25;;/h1-4,17,20,30,34H,5-16H2,(H,31,35)(H,32,36);2*1H. The number of phenolic OH excluding ortho intramolecular Hbond substituents is 1. The van der Waals surface area contributed by atoms with Crippen LogP contribution in [0.3, 0.4) is 0 Å². The number of halogens is 4. The fraction of sp³-hybridized carbons (Fsp3) is 0.481. The molecule has 4 rings (SSSR count). The summed E-state index contributed by atoms with van der Waals surface area (Å²) in [4.78, 5) is 29.2. The number of carbonyl (C=O) groups is 1. The maximum absolute atomic E-state index is 12.5. The van der Waals surface area contributed by atoms with Gasteiger partial charge in [-0.15, -0.1) is 34.0 Å². The topological polar surface area (TPSA) is 107 Å². The molecule has 0 aliphatic carbocycles. The molecule has 0 atom stereocenters. The first kappa shape index (κ1) is 35.0. The van der Waals surface area contributed by atoms with Gasteiger partial charge in [-0.05, 0) is 61.6 Å². The summed E-state index contributed by atoms with van der Waals surface area (Å²) in [6.45, 7) is 5.13. The van der Waals surface area contributed by atoms with E-state index < -0.39 is 0 Å². The molecule has 0 radical (unpaired) electrons. The Balaban J connectivity index is 0.00000280. The molecular formula is C27H36Br2Cl2N4O4S. The van der Waals surface area contributed by atoms with Gasteiger partial charge in [0.1, 0.15) is 11.3 Å². The number of phenols is 1. The van der Waals surface area contributed by atoms with E-state index in [1.807, 2.05) is 18.2 Å². The van der Waals surface area contributed by atoms with Crippen molar-refractivity contribution in [2.24, 2.45) is 0 Å². The largest absolute Gasteiger partial charge is 0.506 e. The van der Waals surface area contributed by atoms with Crippen molar-refractivity contribution in [3.63, 3.8) is 0 Å². The van der Waals surface area contributed by atoms with E-state index in [-0.39, 0.29) is 50.5 Å². The second kappa shape index (κ2) is 17.7. The Morgan fingerprint density at radius 2 is 1.82 bits per heavy atom. The van der Waals surface area contributed by atoms with Gasteiger partial charge in [-0.2, -0.15) is 0 Å². The molecule has 1 saturated heterocycles. The molecule has 13 heteroatoms. The van der Waals surface area contributed by atoms with Crippen LogP contribution in [0.1, 0.15) is 30.4 Å². The lowest BCUT2D eigenvalue weighted by atomic mass is 10.1. The quantitative estimate of drug-likeness (QED) is 0.181. The summed E-state index contributed by atoms with van der Waals surface area (Å²) in [5, 5.41) is 17.5. The van der Waals surface area contributed by atoms with Gasteiger partial charge in [0.25, 0.3) is 0 Å². The van der Waals surface area contributed by atoms with Gasteiger partial charge in [0.2, 0.25) is 5.91 Å². The lowest BCUT2D eigenvalue weighted by molar-refractivity contribution is -0.121. The fourth-order valence-electron chi connectivity index (χ4n) is 4.74. The lowest BCUT2D eigenvalue weighted by Gasteiger charge is -2.34. The maximum atomic E-state index is 12.5. The number of amides is 1. The van der Waals surface area contributed by atoms with E-state index in [2.05, 4.69) is 20.5 Å². The van der Waals surface area contributed by atoms with Crippen LogP contribution < -0.4 is 15.5 Å². The molecule has 222 valence electrons. The predicted molar refractivity (Wildman–Crippen MR) is 175 cm³/mol. The summed E-state index contributed by atoms with van der Waals surface area (Å²) in [6, 6.07) is 9.43. The molecule has 8 nitrogen and oxygen atoms in total. The van der Waals surface area contributed by atoms with Crippen LogP contribution in [0.2, 0.25) is 10.0 Å². The third kappa shape index (κ3) is 10.3. The molecule has 0 bridgehead atoms. The number of H-pyrrole nitrogens is 1. The van der Waals surface area contributed by atoms with Crippen molar-refractivity contribution >= 4 is 84.6 Å². The van der Waals surface area contributed by atoms with Crippen LogP contribution in [0, 0.1) is 0 Å². The SMILES string of the molecule is Br.Br.O=C(CCN(CCNCCc1ccc(O)c2[nH]c(=O)sc12)C1CCOCC1)NCCc1ccc(Cl)c(Cl)c1. The van der Waals surface area contributed by atoms with Crippen LogP contribution in [0.4, 0.5) is 0 Å². The minimum Gasteiger partial charge on any atom is -0.506 e. The van der Waals surface area contributed by atoms with Crippen LogP contribution in [-0.4, -0.2) is 72.9 Å². The molecule has 1 aliphatic rings. The number of nitrogens with zero attached hydrogens (tertiary/aromatic N) is 1. The molecule has 0 saturated carbocycles. The van der Waals surface area contributed by atoms with Gasteiger partial charge >= 0.3 is 4.87 Å². The van der Waals surface area contributed by atoms with Gasteiger partial charge in [0.05, 0.1) is 14.7 Å². The average Bonchev–Trinajstić information content (AvgIpc) is 3.32. The number of hydrogen-bond acceptors (Lipinski definition) is 7. The number of hydrogen-bond donors (Lipinski definition) is 4. The van der Waals surface area contributed by atoms with Gasteiger partial charge in [-0.3, -0.25) is 14.5 Å². The van der Waals surface area contributed by atoms with E-state index in [9.17, 15) is 14.7 Å². The molecule has 0 spiro atoms. The molecule has 1 aromatic heterocycles. The second-order valence-corrected chi connectivity index (χ2v) is 11.2. The van der Waals surface area contributed by atoms with Crippen molar-refractivity contribution in [1.29, 1.82) is 0 Å². The Kier molecular flexibility index (Phi) is 15.5. The summed E-state index contributed by atoms with van der Waals surface area (Å²) >= 11 is 13.2. The molecule has 2 heterocycles. The molecule has 0 unspecified atom stereocenters. The summed E-state index contributed by atoms with van der Waals surface area (Å²) in [6.07, 6.45) is 3.83. The van der Waals surface area contributed by atoms with Gasteiger partial charge in [0.15, 0.2) is 0 Å². The average molecular weight is 743 g/mol. The Labute approximate surface area is 269 Å². The van der Waals surface area contributed by atoms with Crippen molar-refractivity contribution in [1.82, 2.24) is 20.5 Å². The fourth-order valence-corrected chi connectivity index (χ4v) is 5.96. The van der Waals surface area contributed by atoms with Gasteiger partial charge in [-0.25, -0.2) is 0 Å². The number of fused-ring (bicyclic) bond motifs is 1. The minimum absolute atomic E-state index is 0. The van der Waals surface area contributed by atoms with E-state index in [1.54, 1.807) is 12.1 Å². The predicted octanol–water partition coefficient (Wildman–Crippen LogP) is 5.12. The first-order chi connectivity index (χ1) is 18.4. The molecule has 1 fully saturated rings. The summed E-state index contributed by atoms with van der Waals surface area (Å²) in [5.41, 5.74) is 2.58. The zero-order valence-corrected chi connectivity index (χ0v) is 27.8. The van der Waals surface area contributed by atoms with Crippen LogP contribution >= 0.6 is 68.5 Å². The number of aromatic hydroxyl groups is 1. The Morgan fingerprint density at radius 3 is 2.58 bits per heavy atom. The van der Waals surface area contributed by atoms with E-state index in [1.165, 1.54) is 0 Å². The third-order valence-corrected chi connectivity index (χ3v) is 8.54. The van der Waals surface area contributed by atoms with Crippen LogP contribution in [0.5, 0.6) is 5.75 Å². The lowest BCUT2D eigenvalue weighted by Crippen LogP contribution is -2.44. The zero-order valence-electron chi connectivity index (χ0n) is 22.0. The van der Waals surface area contributed by atoms with Crippen molar-refractivity contribution in [3.05, 3.63) is 61.2 Å². The molecular weight excluding hydrogens is 707 g/mol. The molecule has 40 heavy (non-hydrogen) atoms. The Hall–Kier alpha value is -1.18. The number of carbonyl (C=O) groups excluding carboxylic acids is 1. The minimum atomic E-state index is -0.166. The Morgan fingerprint density at radius 1 is 1.05 bits per heavy atom. The van der Waals surface area contributed by atoms with Crippen LogP contribution in [0.25, 0.3) is 10.2 Å². The number of benzene rings is 2. The zero-order chi connectivity index (χ0) is 26.9.